The van der Waals surface area contributed by atoms with Gasteiger partial charge < -0.3 is 10.1 Å². The molecule has 1 amide bonds. The third-order valence-corrected chi connectivity index (χ3v) is 7.22. The predicted octanol–water partition coefficient (Wildman–Crippen LogP) is 3.91. The van der Waals surface area contributed by atoms with E-state index in [1.165, 1.54) is 30.5 Å². The summed E-state index contributed by atoms with van der Waals surface area (Å²) in [4.78, 5) is 16.7. The lowest BCUT2D eigenvalue weighted by atomic mass is 10.2. The fraction of sp³-hybridized carbons (Fsp3) is 0.143. The van der Waals surface area contributed by atoms with Crippen molar-refractivity contribution < 1.29 is 17.9 Å². The van der Waals surface area contributed by atoms with Crippen molar-refractivity contribution >= 4 is 44.8 Å². The minimum Gasteiger partial charge on any atom is -0.474 e. The highest BCUT2D eigenvalue weighted by molar-refractivity contribution is 7.92. The zero-order valence-corrected chi connectivity index (χ0v) is 18.4. The second kappa shape index (κ2) is 8.74. The molecule has 0 atom stereocenters. The van der Waals surface area contributed by atoms with Crippen LogP contribution in [0, 0.1) is 0 Å². The lowest BCUT2D eigenvalue weighted by molar-refractivity contribution is 0.0950. The van der Waals surface area contributed by atoms with Gasteiger partial charge in [-0.15, -0.1) is 0 Å². The molecule has 0 unspecified atom stereocenters. The average molecular weight is 478 g/mol. The number of hydrogen-bond acceptors (Lipinski definition) is 5. The average Bonchev–Trinajstić information content (AvgIpc) is 2.79. The first-order valence-corrected chi connectivity index (χ1v) is 11.5. The first-order chi connectivity index (χ1) is 14.9. The molecule has 0 fully saturated rings. The Morgan fingerprint density at radius 1 is 1.10 bits per heavy atom. The number of carbonyl (C=O) groups excluding carboxylic acids is 1. The summed E-state index contributed by atoms with van der Waals surface area (Å²) in [5.74, 6) is -0.244. The number of amides is 1. The van der Waals surface area contributed by atoms with Gasteiger partial charge in [0.1, 0.15) is 12.3 Å². The number of halogens is 2. The highest BCUT2D eigenvalue weighted by Gasteiger charge is 2.32. The Kier molecular flexibility index (Phi) is 6.04. The Labute approximate surface area is 189 Å². The predicted molar refractivity (Wildman–Crippen MR) is 118 cm³/mol. The van der Waals surface area contributed by atoms with Crippen molar-refractivity contribution in [2.24, 2.45) is 0 Å². The maximum absolute atomic E-state index is 13.2. The van der Waals surface area contributed by atoms with Gasteiger partial charge in [0.2, 0.25) is 5.88 Å². The number of ether oxygens (including phenoxy) is 1. The second-order valence-electron chi connectivity index (χ2n) is 6.72. The van der Waals surface area contributed by atoms with Crippen LogP contribution in [0.4, 0.5) is 5.69 Å². The zero-order valence-electron chi connectivity index (χ0n) is 16.1. The van der Waals surface area contributed by atoms with E-state index < -0.39 is 10.0 Å². The third kappa shape index (κ3) is 4.46. The topological polar surface area (TPSA) is 88.6 Å². The number of nitrogens with zero attached hydrogens (tertiary/aromatic N) is 2. The van der Waals surface area contributed by atoms with Crippen molar-refractivity contribution in [1.82, 2.24) is 10.3 Å². The number of carbonyl (C=O) groups is 1. The van der Waals surface area contributed by atoms with Crippen LogP contribution in [-0.2, 0) is 16.6 Å². The van der Waals surface area contributed by atoms with E-state index in [1.807, 2.05) is 30.3 Å². The molecule has 2 heterocycles. The van der Waals surface area contributed by atoms with E-state index in [2.05, 4.69) is 10.3 Å². The Bertz CT molecular complexity index is 1240. The maximum Gasteiger partial charge on any atom is 0.264 e. The third-order valence-electron chi connectivity index (χ3n) is 4.67. The van der Waals surface area contributed by atoms with Gasteiger partial charge in [0.05, 0.1) is 27.0 Å². The quantitative estimate of drug-likeness (QED) is 0.601. The van der Waals surface area contributed by atoms with Gasteiger partial charge in [0.25, 0.3) is 15.9 Å². The Morgan fingerprint density at radius 2 is 1.87 bits per heavy atom. The summed E-state index contributed by atoms with van der Waals surface area (Å²) in [5.41, 5.74) is 1.34. The van der Waals surface area contributed by atoms with E-state index in [4.69, 9.17) is 27.9 Å². The molecule has 2 aromatic carbocycles. The number of benzene rings is 2. The molecule has 1 aliphatic rings. The van der Waals surface area contributed by atoms with E-state index in [0.29, 0.717) is 6.54 Å². The van der Waals surface area contributed by atoms with E-state index in [1.54, 1.807) is 0 Å². The van der Waals surface area contributed by atoms with Crippen LogP contribution in [0.1, 0.15) is 15.9 Å². The summed E-state index contributed by atoms with van der Waals surface area (Å²) < 4.78 is 33.1. The van der Waals surface area contributed by atoms with Gasteiger partial charge in [-0.3, -0.25) is 9.10 Å². The monoisotopic (exact) mass is 477 g/mol. The first-order valence-electron chi connectivity index (χ1n) is 9.29. The zero-order chi connectivity index (χ0) is 22.0. The largest absolute Gasteiger partial charge is 0.474 e. The number of anilines is 1. The molecule has 1 aliphatic heterocycles. The number of nitrogens with one attached hydrogen (secondary N) is 1. The molecular formula is C21H17Cl2N3O4S. The number of fused-ring (bicyclic) bond motifs is 1. The summed E-state index contributed by atoms with van der Waals surface area (Å²) in [7, 11) is -3.97. The number of hydrogen-bond donors (Lipinski definition) is 1. The number of aromatic nitrogens is 1. The van der Waals surface area contributed by atoms with E-state index in [0.717, 1.165) is 9.87 Å². The highest BCUT2D eigenvalue weighted by atomic mass is 35.5. The number of sulfonamides is 1. The lowest BCUT2D eigenvalue weighted by Gasteiger charge is -2.30. The Morgan fingerprint density at radius 3 is 2.61 bits per heavy atom. The van der Waals surface area contributed by atoms with Crippen LogP contribution in [0.15, 0.2) is 65.7 Å². The van der Waals surface area contributed by atoms with Gasteiger partial charge in [0, 0.05) is 12.7 Å². The summed E-state index contributed by atoms with van der Waals surface area (Å²) in [6.45, 7) is 0.519. The molecule has 1 aromatic heterocycles. The number of pyridine rings is 1. The first kappa shape index (κ1) is 21.4. The molecule has 0 spiro atoms. The van der Waals surface area contributed by atoms with Crippen molar-refractivity contribution in [3.63, 3.8) is 0 Å². The van der Waals surface area contributed by atoms with Crippen LogP contribution < -0.4 is 14.4 Å². The fourth-order valence-corrected chi connectivity index (χ4v) is 4.92. The molecule has 3 aromatic rings. The molecule has 0 bridgehead atoms. The van der Waals surface area contributed by atoms with Crippen LogP contribution >= 0.6 is 23.2 Å². The van der Waals surface area contributed by atoms with Crippen LogP contribution in [0.5, 0.6) is 5.88 Å². The van der Waals surface area contributed by atoms with E-state index in [9.17, 15) is 13.2 Å². The highest BCUT2D eigenvalue weighted by Crippen LogP contribution is 2.35. The second-order valence-corrected chi connectivity index (χ2v) is 9.39. The van der Waals surface area contributed by atoms with E-state index in [-0.39, 0.29) is 51.1 Å². The molecule has 1 N–H and O–H groups in total. The van der Waals surface area contributed by atoms with Crippen molar-refractivity contribution in [1.29, 1.82) is 0 Å². The SMILES string of the molecule is O=C(NCc1ccccc1)c1cnc2c(c1)N(S(=O)(=O)c1ccc(Cl)c(Cl)c1)CCO2. The van der Waals surface area contributed by atoms with Crippen LogP contribution in [0.3, 0.4) is 0 Å². The van der Waals surface area contributed by atoms with Gasteiger partial charge in [0.15, 0.2) is 0 Å². The molecule has 31 heavy (non-hydrogen) atoms. The van der Waals surface area contributed by atoms with Crippen LogP contribution in [-0.4, -0.2) is 32.5 Å². The standard InChI is InChI=1S/C21H17Cl2N3O4S/c22-17-7-6-16(11-18(17)23)31(28,29)26-8-9-30-21-19(26)10-15(13-25-21)20(27)24-12-14-4-2-1-3-5-14/h1-7,10-11,13H,8-9,12H2,(H,24,27). The summed E-state index contributed by atoms with van der Waals surface area (Å²) >= 11 is 11.9. The van der Waals surface area contributed by atoms with Gasteiger partial charge in [-0.1, -0.05) is 53.5 Å². The van der Waals surface area contributed by atoms with Gasteiger partial charge in [-0.25, -0.2) is 13.4 Å². The molecule has 10 heteroatoms. The molecule has 0 saturated carbocycles. The van der Waals surface area contributed by atoms with Crippen molar-refractivity contribution in [2.75, 3.05) is 17.5 Å². The molecule has 0 saturated heterocycles. The van der Waals surface area contributed by atoms with Crippen molar-refractivity contribution in [3.05, 3.63) is 82.0 Å². The summed E-state index contributed by atoms with van der Waals surface area (Å²) in [6.07, 6.45) is 1.36. The molecule has 0 aliphatic carbocycles. The van der Waals surface area contributed by atoms with Gasteiger partial charge in [-0.05, 0) is 29.8 Å². The van der Waals surface area contributed by atoms with Gasteiger partial charge >= 0.3 is 0 Å². The minimum atomic E-state index is -3.97. The maximum atomic E-state index is 13.2. The molecule has 0 radical (unpaired) electrons. The Balaban J connectivity index is 1.63. The van der Waals surface area contributed by atoms with Crippen molar-refractivity contribution in [2.45, 2.75) is 11.4 Å². The van der Waals surface area contributed by atoms with Crippen molar-refractivity contribution in [3.8, 4) is 5.88 Å². The van der Waals surface area contributed by atoms with Crippen LogP contribution in [0.25, 0.3) is 0 Å². The molecular weight excluding hydrogens is 461 g/mol. The number of rotatable bonds is 5. The molecule has 7 nitrogen and oxygen atoms in total. The Hall–Kier alpha value is -2.81. The summed E-state index contributed by atoms with van der Waals surface area (Å²) in [6, 6.07) is 15.0. The molecule has 4 rings (SSSR count). The minimum absolute atomic E-state index is 0.0197. The normalized spacial score (nSPS) is 13.3. The van der Waals surface area contributed by atoms with Crippen LogP contribution in [0.2, 0.25) is 10.0 Å². The van der Waals surface area contributed by atoms with E-state index >= 15 is 0 Å². The smallest absolute Gasteiger partial charge is 0.264 e. The lowest BCUT2D eigenvalue weighted by Crippen LogP contribution is -2.38. The fourth-order valence-electron chi connectivity index (χ4n) is 3.09. The van der Waals surface area contributed by atoms with Gasteiger partial charge in [-0.2, -0.15) is 0 Å². The summed E-state index contributed by atoms with van der Waals surface area (Å²) in [5, 5.41) is 3.18. The molecule has 160 valence electrons.